The number of hydrogen-bond acceptors (Lipinski definition) is 6. The van der Waals surface area contributed by atoms with Gasteiger partial charge in [-0.1, -0.05) is 26.8 Å². The zero-order valence-electron chi connectivity index (χ0n) is 14.1. The van der Waals surface area contributed by atoms with Gasteiger partial charge in [0.25, 0.3) is 10.9 Å². The lowest BCUT2D eigenvalue weighted by Gasteiger charge is -2.22. The number of rotatable bonds is 4. The van der Waals surface area contributed by atoms with Crippen LogP contribution in [0.15, 0.2) is 27.8 Å². The van der Waals surface area contributed by atoms with Crippen LogP contribution >= 0.6 is 11.8 Å². The van der Waals surface area contributed by atoms with Crippen molar-refractivity contribution in [2.75, 3.05) is 22.1 Å². The van der Waals surface area contributed by atoms with Gasteiger partial charge in [0, 0.05) is 11.8 Å². The van der Waals surface area contributed by atoms with Crippen LogP contribution in [0.3, 0.4) is 0 Å². The van der Waals surface area contributed by atoms with Crippen molar-refractivity contribution in [2.24, 2.45) is 0 Å². The maximum atomic E-state index is 11.9. The molecular formula is C18H22N2O3S. The average Bonchev–Trinajstić information content (AvgIpc) is 3.04. The molecule has 2 aromatic rings. The van der Waals surface area contributed by atoms with Gasteiger partial charge in [-0.3, -0.25) is 9.59 Å². The molecule has 0 radical (unpaired) electrons. The number of aromatic hydroxyl groups is 1. The average molecular weight is 346 g/mol. The first-order chi connectivity index (χ1) is 11.3. The van der Waals surface area contributed by atoms with Crippen LogP contribution in [-0.4, -0.2) is 22.7 Å². The molecule has 6 heteroatoms. The van der Waals surface area contributed by atoms with Gasteiger partial charge in [-0.15, -0.1) is 0 Å². The molecule has 0 amide bonds. The predicted octanol–water partition coefficient (Wildman–Crippen LogP) is 2.95. The molecule has 0 bridgehead atoms. The third kappa shape index (κ3) is 3.15. The Kier molecular flexibility index (Phi) is 4.34. The molecule has 1 aliphatic rings. The Bertz CT molecular complexity index is 826. The van der Waals surface area contributed by atoms with Crippen molar-refractivity contribution in [3.05, 3.63) is 44.2 Å². The SMILES string of the molecule is CC(C)(C)c1ccc(O)c(Nc2c(N[C@H]3CCSC3)c(=O)c2=O)c1. The first-order valence-electron chi connectivity index (χ1n) is 8.05. The fourth-order valence-electron chi connectivity index (χ4n) is 2.74. The van der Waals surface area contributed by atoms with Crippen molar-refractivity contribution >= 4 is 28.8 Å². The lowest BCUT2D eigenvalue weighted by atomic mass is 9.87. The van der Waals surface area contributed by atoms with Crippen LogP contribution in [-0.2, 0) is 5.41 Å². The Morgan fingerprint density at radius 3 is 2.50 bits per heavy atom. The molecule has 1 heterocycles. The summed E-state index contributed by atoms with van der Waals surface area (Å²) in [7, 11) is 0. The van der Waals surface area contributed by atoms with Crippen LogP contribution in [0.25, 0.3) is 0 Å². The van der Waals surface area contributed by atoms with Crippen LogP contribution in [0.1, 0.15) is 32.8 Å². The van der Waals surface area contributed by atoms with Gasteiger partial charge < -0.3 is 15.7 Å². The molecule has 24 heavy (non-hydrogen) atoms. The van der Waals surface area contributed by atoms with Crippen molar-refractivity contribution < 1.29 is 5.11 Å². The van der Waals surface area contributed by atoms with E-state index >= 15 is 0 Å². The van der Waals surface area contributed by atoms with Crippen LogP contribution in [0, 0.1) is 0 Å². The summed E-state index contributed by atoms with van der Waals surface area (Å²) in [5.74, 6) is 2.05. The molecule has 1 atom stereocenters. The van der Waals surface area contributed by atoms with Gasteiger partial charge in [0.1, 0.15) is 17.1 Å². The number of phenolic OH excluding ortho intramolecular Hbond substituents is 1. The lowest BCUT2D eigenvalue weighted by Crippen LogP contribution is -2.39. The van der Waals surface area contributed by atoms with E-state index in [-0.39, 0.29) is 22.9 Å². The minimum Gasteiger partial charge on any atom is -0.506 e. The number of phenols is 1. The molecule has 1 saturated heterocycles. The van der Waals surface area contributed by atoms with E-state index in [0.29, 0.717) is 11.4 Å². The highest BCUT2D eigenvalue weighted by Gasteiger charge is 2.26. The van der Waals surface area contributed by atoms with E-state index in [9.17, 15) is 14.7 Å². The normalized spacial score (nSPS) is 18.0. The maximum absolute atomic E-state index is 11.9. The molecule has 1 fully saturated rings. The Morgan fingerprint density at radius 2 is 1.88 bits per heavy atom. The van der Waals surface area contributed by atoms with Crippen molar-refractivity contribution in [1.82, 2.24) is 0 Å². The highest BCUT2D eigenvalue weighted by molar-refractivity contribution is 7.99. The van der Waals surface area contributed by atoms with Gasteiger partial charge in [-0.2, -0.15) is 11.8 Å². The second kappa shape index (κ2) is 6.16. The molecule has 0 unspecified atom stereocenters. The van der Waals surface area contributed by atoms with E-state index in [1.807, 2.05) is 23.9 Å². The standard InChI is InChI=1S/C18H22N2O3S/c1-18(2,3)10-4-5-13(21)12(8-10)20-15-14(16(22)17(15)23)19-11-6-7-24-9-11/h4-5,8,11,19-21H,6-7,9H2,1-3H3/t11-/m0/s1. The molecule has 0 aliphatic carbocycles. The fourth-order valence-corrected chi connectivity index (χ4v) is 3.89. The number of nitrogens with one attached hydrogen (secondary N) is 2. The van der Waals surface area contributed by atoms with E-state index in [0.717, 1.165) is 23.5 Å². The van der Waals surface area contributed by atoms with Gasteiger partial charge in [0.05, 0.1) is 5.69 Å². The summed E-state index contributed by atoms with van der Waals surface area (Å²) in [6, 6.07) is 5.50. The smallest absolute Gasteiger partial charge is 0.253 e. The highest BCUT2D eigenvalue weighted by atomic mass is 32.2. The molecule has 0 saturated carbocycles. The molecule has 2 aromatic carbocycles. The van der Waals surface area contributed by atoms with Gasteiger partial charge in [-0.25, -0.2) is 0 Å². The summed E-state index contributed by atoms with van der Waals surface area (Å²) in [5.41, 5.74) is 0.956. The molecule has 0 aromatic heterocycles. The van der Waals surface area contributed by atoms with E-state index in [1.165, 1.54) is 0 Å². The van der Waals surface area contributed by atoms with Gasteiger partial charge in [0.15, 0.2) is 0 Å². The number of hydrogen-bond donors (Lipinski definition) is 3. The predicted molar refractivity (Wildman–Crippen MR) is 101 cm³/mol. The highest BCUT2D eigenvalue weighted by Crippen LogP contribution is 2.34. The quantitative estimate of drug-likeness (QED) is 0.584. The summed E-state index contributed by atoms with van der Waals surface area (Å²) in [4.78, 5) is 23.8. The van der Waals surface area contributed by atoms with E-state index in [2.05, 4.69) is 31.4 Å². The Morgan fingerprint density at radius 1 is 1.17 bits per heavy atom. The third-order valence-corrected chi connectivity index (χ3v) is 5.47. The molecule has 1 aliphatic heterocycles. The van der Waals surface area contributed by atoms with Gasteiger partial charge in [-0.05, 0) is 35.3 Å². The monoisotopic (exact) mass is 346 g/mol. The topological polar surface area (TPSA) is 78.4 Å². The Hall–Kier alpha value is -1.95. The molecule has 0 spiro atoms. The second-order valence-corrected chi connectivity index (χ2v) is 8.37. The number of benzene rings is 1. The van der Waals surface area contributed by atoms with E-state index in [1.54, 1.807) is 6.07 Å². The summed E-state index contributed by atoms with van der Waals surface area (Å²) in [6.07, 6.45) is 0.980. The third-order valence-electron chi connectivity index (χ3n) is 4.31. The number of thioether (sulfide) groups is 1. The molecule has 128 valence electrons. The van der Waals surface area contributed by atoms with Crippen LogP contribution in [0.4, 0.5) is 17.1 Å². The van der Waals surface area contributed by atoms with Crippen molar-refractivity contribution in [2.45, 2.75) is 38.6 Å². The Labute approximate surface area is 145 Å². The van der Waals surface area contributed by atoms with Crippen LogP contribution in [0.5, 0.6) is 5.75 Å². The Balaban J connectivity index is 1.88. The van der Waals surface area contributed by atoms with Gasteiger partial charge >= 0.3 is 0 Å². The molecule has 3 rings (SSSR count). The van der Waals surface area contributed by atoms with Crippen LogP contribution < -0.4 is 21.5 Å². The minimum absolute atomic E-state index is 0.0541. The maximum Gasteiger partial charge on any atom is 0.253 e. The minimum atomic E-state index is -0.538. The van der Waals surface area contributed by atoms with Crippen molar-refractivity contribution in [3.8, 4) is 5.75 Å². The summed E-state index contributed by atoms with van der Waals surface area (Å²) < 4.78 is 0. The number of anilines is 3. The lowest BCUT2D eigenvalue weighted by molar-refractivity contribution is 0.476. The van der Waals surface area contributed by atoms with Crippen molar-refractivity contribution in [3.63, 3.8) is 0 Å². The van der Waals surface area contributed by atoms with E-state index in [4.69, 9.17) is 0 Å². The zero-order valence-corrected chi connectivity index (χ0v) is 14.9. The zero-order chi connectivity index (χ0) is 17.5. The fraction of sp³-hybridized carbons (Fsp3) is 0.444. The summed E-state index contributed by atoms with van der Waals surface area (Å²) in [6.45, 7) is 6.22. The molecule has 3 N–H and O–H groups in total. The summed E-state index contributed by atoms with van der Waals surface area (Å²) >= 11 is 1.83. The van der Waals surface area contributed by atoms with Crippen molar-refractivity contribution in [1.29, 1.82) is 0 Å². The van der Waals surface area contributed by atoms with E-state index < -0.39 is 10.9 Å². The first-order valence-corrected chi connectivity index (χ1v) is 9.21. The largest absolute Gasteiger partial charge is 0.506 e. The summed E-state index contributed by atoms with van der Waals surface area (Å²) in [5, 5.41) is 16.2. The first kappa shape index (κ1) is 16.9. The van der Waals surface area contributed by atoms with Crippen LogP contribution in [0.2, 0.25) is 0 Å². The molecular weight excluding hydrogens is 324 g/mol. The van der Waals surface area contributed by atoms with Gasteiger partial charge in [0.2, 0.25) is 0 Å². The molecule has 5 nitrogen and oxygen atoms in total. The second-order valence-electron chi connectivity index (χ2n) is 7.22.